The van der Waals surface area contributed by atoms with E-state index in [0.29, 0.717) is 32.9 Å². The minimum Gasteiger partial charge on any atom is -0.480 e. The first-order valence-corrected chi connectivity index (χ1v) is 9.22. The number of carbonyl (C=O) groups excluding carboxylic acids is 1. The van der Waals surface area contributed by atoms with Gasteiger partial charge in [-0.3, -0.25) is 4.79 Å². The van der Waals surface area contributed by atoms with Gasteiger partial charge in [0, 0.05) is 5.39 Å². The van der Waals surface area contributed by atoms with Gasteiger partial charge in [-0.1, -0.05) is 78.1 Å². The van der Waals surface area contributed by atoms with Crippen LogP contribution in [0.3, 0.4) is 0 Å². The van der Waals surface area contributed by atoms with Crippen LogP contribution in [0.2, 0.25) is 15.1 Å². The SMILES string of the molecule is CC[C@@H](Oc1cccc2ccccc12)C(=O)Nc1cc(Cl)c(Cl)cc1Cl. The second kappa shape index (κ2) is 8.17. The molecule has 0 spiro atoms. The summed E-state index contributed by atoms with van der Waals surface area (Å²) in [6.45, 7) is 1.88. The van der Waals surface area contributed by atoms with Crippen molar-refractivity contribution < 1.29 is 9.53 Å². The Labute approximate surface area is 166 Å². The number of hydrogen-bond donors (Lipinski definition) is 1. The predicted octanol–water partition coefficient (Wildman–Crippen LogP) is 6.60. The molecular formula is C20H16Cl3NO2. The summed E-state index contributed by atoms with van der Waals surface area (Å²) in [5, 5.41) is 5.71. The number of halogens is 3. The van der Waals surface area contributed by atoms with Crippen LogP contribution in [0.1, 0.15) is 13.3 Å². The van der Waals surface area contributed by atoms with Crippen molar-refractivity contribution in [2.24, 2.45) is 0 Å². The molecule has 26 heavy (non-hydrogen) atoms. The first-order chi connectivity index (χ1) is 12.5. The molecular weight excluding hydrogens is 393 g/mol. The van der Waals surface area contributed by atoms with Crippen LogP contribution in [0.4, 0.5) is 5.69 Å². The summed E-state index contributed by atoms with van der Waals surface area (Å²) < 4.78 is 5.99. The molecule has 1 amide bonds. The van der Waals surface area contributed by atoms with E-state index in [4.69, 9.17) is 39.5 Å². The van der Waals surface area contributed by atoms with Crippen LogP contribution in [0.25, 0.3) is 10.8 Å². The van der Waals surface area contributed by atoms with E-state index in [1.807, 2.05) is 49.4 Å². The molecule has 3 aromatic carbocycles. The highest BCUT2D eigenvalue weighted by Gasteiger charge is 2.21. The van der Waals surface area contributed by atoms with Crippen LogP contribution in [0.5, 0.6) is 5.75 Å². The summed E-state index contributed by atoms with van der Waals surface area (Å²) in [5.74, 6) is 0.353. The molecule has 134 valence electrons. The van der Waals surface area contributed by atoms with E-state index in [-0.39, 0.29) is 5.91 Å². The van der Waals surface area contributed by atoms with Crippen LogP contribution in [-0.2, 0) is 4.79 Å². The molecule has 0 saturated carbocycles. The van der Waals surface area contributed by atoms with E-state index in [1.165, 1.54) is 12.1 Å². The molecule has 0 aliphatic carbocycles. The third kappa shape index (κ3) is 4.07. The van der Waals surface area contributed by atoms with Crippen LogP contribution in [0, 0.1) is 0 Å². The predicted molar refractivity (Wildman–Crippen MR) is 109 cm³/mol. The second-order valence-corrected chi connectivity index (χ2v) is 6.95. The molecule has 0 aliphatic heterocycles. The Balaban J connectivity index is 1.82. The van der Waals surface area contributed by atoms with Gasteiger partial charge in [0.25, 0.3) is 5.91 Å². The third-order valence-corrected chi connectivity index (χ3v) is 4.98. The number of benzene rings is 3. The standard InChI is InChI=1S/C20H16Cl3NO2/c1-2-18(20(25)24-17-11-15(22)14(21)10-16(17)23)26-19-9-5-7-12-6-3-4-8-13(12)19/h3-11,18H,2H2,1H3,(H,24,25)/t18-/m1/s1. The molecule has 1 atom stereocenters. The van der Waals surface area contributed by atoms with E-state index in [1.54, 1.807) is 0 Å². The van der Waals surface area contributed by atoms with Crippen LogP contribution in [-0.4, -0.2) is 12.0 Å². The highest BCUT2D eigenvalue weighted by Crippen LogP contribution is 2.33. The lowest BCUT2D eigenvalue weighted by atomic mass is 10.1. The Hall–Kier alpha value is -1.94. The lowest BCUT2D eigenvalue weighted by Gasteiger charge is -2.19. The van der Waals surface area contributed by atoms with Crippen molar-refractivity contribution in [2.75, 3.05) is 5.32 Å². The zero-order chi connectivity index (χ0) is 18.7. The number of rotatable bonds is 5. The van der Waals surface area contributed by atoms with Crippen LogP contribution < -0.4 is 10.1 Å². The van der Waals surface area contributed by atoms with Gasteiger partial charge in [-0.25, -0.2) is 0 Å². The average molecular weight is 409 g/mol. The summed E-state index contributed by atoms with van der Waals surface area (Å²) in [6, 6.07) is 16.6. The molecule has 0 bridgehead atoms. The third-order valence-electron chi connectivity index (χ3n) is 3.95. The minimum absolute atomic E-state index is 0.305. The van der Waals surface area contributed by atoms with E-state index in [9.17, 15) is 4.79 Å². The zero-order valence-corrected chi connectivity index (χ0v) is 16.2. The van der Waals surface area contributed by atoms with Crippen molar-refractivity contribution >= 4 is 57.2 Å². The number of anilines is 1. The van der Waals surface area contributed by atoms with Crippen molar-refractivity contribution in [1.82, 2.24) is 0 Å². The summed E-state index contributed by atoms with van der Waals surface area (Å²) in [5.41, 5.74) is 0.394. The van der Waals surface area contributed by atoms with Crippen LogP contribution >= 0.6 is 34.8 Å². The first-order valence-electron chi connectivity index (χ1n) is 8.09. The Morgan fingerprint density at radius 3 is 2.46 bits per heavy atom. The van der Waals surface area contributed by atoms with Crippen LogP contribution in [0.15, 0.2) is 54.6 Å². The molecule has 6 heteroatoms. The molecule has 3 nitrogen and oxygen atoms in total. The number of amides is 1. The van der Waals surface area contributed by atoms with Gasteiger partial charge in [0.2, 0.25) is 0 Å². The van der Waals surface area contributed by atoms with Crippen molar-refractivity contribution in [3.05, 3.63) is 69.7 Å². The van der Waals surface area contributed by atoms with Gasteiger partial charge in [0.05, 0.1) is 20.8 Å². The normalized spacial score (nSPS) is 12.0. The number of hydrogen-bond acceptors (Lipinski definition) is 2. The fourth-order valence-corrected chi connectivity index (χ4v) is 3.20. The molecule has 3 aromatic rings. The molecule has 0 aliphatic rings. The first kappa shape index (κ1) is 18.8. The molecule has 1 N–H and O–H groups in total. The summed E-state index contributed by atoms with van der Waals surface area (Å²) in [7, 11) is 0. The van der Waals surface area contributed by atoms with Gasteiger partial charge in [0.15, 0.2) is 6.10 Å². The smallest absolute Gasteiger partial charge is 0.265 e. The van der Waals surface area contributed by atoms with Gasteiger partial charge in [-0.05, 0) is 30.0 Å². The van der Waals surface area contributed by atoms with Gasteiger partial charge in [-0.2, -0.15) is 0 Å². The number of carbonyl (C=O) groups is 1. The van der Waals surface area contributed by atoms with Gasteiger partial charge in [0.1, 0.15) is 5.75 Å². The Kier molecular flexibility index (Phi) is 5.92. The van der Waals surface area contributed by atoms with Crippen molar-refractivity contribution in [1.29, 1.82) is 0 Å². The lowest BCUT2D eigenvalue weighted by molar-refractivity contribution is -0.122. The Morgan fingerprint density at radius 2 is 1.69 bits per heavy atom. The van der Waals surface area contributed by atoms with Gasteiger partial charge in [-0.15, -0.1) is 0 Å². The minimum atomic E-state index is -0.675. The zero-order valence-electron chi connectivity index (χ0n) is 13.9. The van der Waals surface area contributed by atoms with Gasteiger partial charge >= 0.3 is 0 Å². The van der Waals surface area contributed by atoms with Crippen molar-refractivity contribution in [3.8, 4) is 5.75 Å². The molecule has 0 fully saturated rings. The van der Waals surface area contributed by atoms with E-state index < -0.39 is 6.10 Å². The monoisotopic (exact) mass is 407 g/mol. The maximum absolute atomic E-state index is 12.7. The fourth-order valence-electron chi connectivity index (χ4n) is 2.61. The molecule has 0 heterocycles. The second-order valence-electron chi connectivity index (χ2n) is 5.73. The lowest BCUT2D eigenvalue weighted by Crippen LogP contribution is -2.32. The number of nitrogens with one attached hydrogen (secondary N) is 1. The summed E-state index contributed by atoms with van der Waals surface area (Å²) in [4.78, 5) is 12.7. The molecule has 0 radical (unpaired) electrons. The van der Waals surface area contributed by atoms with E-state index in [2.05, 4.69) is 5.32 Å². The van der Waals surface area contributed by atoms with E-state index in [0.717, 1.165) is 10.8 Å². The molecule has 0 aromatic heterocycles. The van der Waals surface area contributed by atoms with Crippen molar-refractivity contribution in [2.45, 2.75) is 19.4 Å². The molecule has 0 saturated heterocycles. The summed E-state index contributed by atoms with van der Waals surface area (Å²) in [6.07, 6.45) is -0.181. The molecule has 0 unspecified atom stereocenters. The highest BCUT2D eigenvalue weighted by molar-refractivity contribution is 6.44. The fraction of sp³-hybridized carbons (Fsp3) is 0.150. The van der Waals surface area contributed by atoms with Crippen molar-refractivity contribution in [3.63, 3.8) is 0 Å². The number of ether oxygens (including phenoxy) is 1. The summed E-state index contributed by atoms with van der Waals surface area (Å²) >= 11 is 18.1. The quantitative estimate of drug-likeness (QED) is 0.483. The molecule has 3 rings (SSSR count). The van der Waals surface area contributed by atoms with E-state index >= 15 is 0 Å². The average Bonchev–Trinajstić information content (AvgIpc) is 2.64. The largest absolute Gasteiger partial charge is 0.480 e. The Bertz CT molecular complexity index is 954. The maximum Gasteiger partial charge on any atom is 0.265 e. The number of fused-ring (bicyclic) bond motifs is 1. The van der Waals surface area contributed by atoms with Gasteiger partial charge < -0.3 is 10.1 Å². The Morgan fingerprint density at radius 1 is 1.00 bits per heavy atom. The highest BCUT2D eigenvalue weighted by atomic mass is 35.5. The topological polar surface area (TPSA) is 38.3 Å². The maximum atomic E-state index is 12.7.